The minimum atomic E-state index is -1.02. The Labute approximate surface area is 70.0 Å². The minimum absolute atomic E-state index is 0.0623. The van der Waals surface area contributed by atoms with Crippen LogP contribution >= 0.6 is 0 Å². The molecule has 0 aromatic rings. The van der Waals surface area contributed by atoms with Crippen molar-refractivity contribution in [3.05, 3.63) is 0 Å². The molecule has 1 atom stereocenters. The summed E-state index contributed by atoms with van der Waals surface area (Å²) in [6.07, 6.45) is 0.477. The van der Waals surface area contributed by atoms with Gasteiger partial charge in [-0.2, -0.15) is 0 Å². The second-order valence-corrected chi connectivity index (χ2v) is 2.74. The van der Waals surface area contributed by atoms with Crippen LogP contribution in [-0.4, -0.2) is 35.2 Å². The van der Waals surface area contributed by atoms with Crippen LogP contribution in [0, 0.1) is 0 Å². The van der Waals surface area contributed by atoms with Crippen LogP contribution in [-0.2, 0) is 4.79 Å². The summed E-state index contributed by atoms with van der Waals surface area (Å²) < 4.78 is 0. The van der Waals surface area contributed by atoms with Crippen molar-refractivity contribution >= 4 is 17.4 Å². The Morgan fingerprint density at radius 3 is 2.92 bits per heavy atom. The van der Waals surface area contributed by atoms with Crippen molar-refractivity contribution in [1.29, 1.82) is 0 Å². The number of hydrogen-bond donors (Lipinski definition) is 2. The summed E-state index contributed by atoms with van der Waals surface area (Å²) in [6.45, 7) is 2.03. The van der Waals surface area contributed by atoms with Gasteiger partial charge >= 0.3 is 5.97 Å². The van der Waals surface area contributed by atoms with Gasteiger partial charge in [0, 0.05) is 12.5 Å². The summed E-state index contributed by atoms with van der Waals surface area (Å²) in [6, 6.07) is -0.0774. The zero-order valence-corrected chi connectivity index (χ0v) is 6.82. The third-order valence-electron chi connectivity index (χ3n) is 1.48. The van der Waals surface area contributed by atoms with Crippen LogP contribution in [0.15, 0.2) is 9.98 Å². The molecule has 5 nitrogen and oxygen atoms in total. The van der Waals surface area contributed by atoms with Crippen LogP contribution in [0.1, 0.15) is 13.3 Å². The van der Waals surface area contributed by atoms with Gasteiger partial charge in [-0.1, -0.05) is 0 Å². The highest BCUT2D eigenvalue weighted by atomic mass is 16.4. The summed E-state index contributed by atoms with van der Waals surface area (Å²) >= 11 is 0. The van der Waals surface area contributed by atoms with Crippen molar-refractivity contribution in [3.8, 4) is 0 Å². The molecule has 0 saturated carbocycles. The maximum Gasteiger partial charge on any atom is 0.356 e. The lowest BCUT2D eigenvalue weighted by Crippen LogP contribution is -2.27. The van der Waals surface area contributed by atoms with E-state index in [1.54, 1.807) is 6.92 Å². The summed E-state index contributed by atoms with van der Waals surface area (Å²) in [7, 11) is 0. The first-order valence-corrected chi connectivity index (χ1v) is 3.68. The Morgan fingerprint density at radius 2 is 2.42 bits per heavy atom. The average Bonchev–Trinajstić information content (AvgIpc) is 2.33. The molecule has 1 aliphatic heterocycles. The van der Waals surface area contributed by atoms with E-state index in [-0.39, 0.29) is 18.4 Å². The first-order valence-electron chi connectivity index (χ1n) is 3.68. The Balaban J connectivity index is 2.67. The van der Waals surface area contributed by atoms with E-state index < -0.39 is 5.97 Å². The Bertz CT molecular complexity index is 255. The molecule has 5 heteroatoms. The van der Waals surface area contributed by atoms with Crippen LogP contribution in [0.25, 0.3) is 0 Å². The number of nitrogens with two attached hydrogens (primary N) is 1. The van der Waals surface area contributed by atoms with E-state index in [0.29, 0.717) is 12.1 Å². The second kappa shape index (κ2) is 3.44. The normalized spacial score (nSPS) is 18.5. The molecule has 0 aromatic heterocycles. The van der Waals surface area contributed by atoms with Gasteiger partial charge in [0.05, 0.1) is 5.71 Å². The number of aliphatic imine (C=N–C) groups is 2. The van der Waals surface area contributed by atoms with Crippen molar-refractivity contribution in [2.24, 2.45) is 15.7 Å². The number of carboxylic acids is 1. The molecule has 0 unspecified atom stereocenters. The third kappa shape index (κ3) is 1.88. The molecule has 0 fully saturated rings. The number of carboxylic acid groups (broad SMARTS) is 1. The SMILES string of the molecule is C[C@@H](N)CC1=NCN=C1C(=O)O. The minimum Gasteiger partial charge on any atom is -0.476 e. The number of hydrogen-bond acceptors (Lipinski definition) is 4. The van der Waals surface area contributed by atoms with Crippen molar-refractivity contribution in [2.75, 3.05) is 6.67 Å². The lowest BCUT2D eigenvalue weighted by molar-refractivity contribution is -0.129. The number of carbonyl (C=O) groups is 1. The van der Waals surface area contributed by atoms with Gasteiger partial charge in [-0.15, -0.1) is 0 Å². The van der Waals surface area contributed by atoms with E-state index >= 15 is 0 Å². The van der Waals surface area contributed by atoms with Crippen LogP contribution in [0.5, 0.6) is 0 Å². The van der Waals surface area contributed by atoms with E-state index in [0.717, 1.165) is 0 Å². The molecule has 0 aliphatic carbocycles. The number of aliphatic carboxylic acids is 1. The van der Waals surface area contributed by atoms with Crippen LogP contribution in [0.3, 0.4) is 0 Å². The van der Waals surface area contributed by atoms with Gasteiger partial charge in [0.15, 0.2) is 5.71 Å². The lowest BCUT2D eigenvalue weighted by atomic mass is 10.1. The molecule has 3 N–H and O–H groups in total. The topological polar surface area (TPSA) is 88.0 Å². The van der Waals surface area contributed by atoms with Gasteiger partial charge in [-0.25, -0.2) is 4.79 Å². The van der Waals surface area contributed by atoms with E-state index in [4.69, 9.17) is 10.8 Å². The maximum absolute atomic E-state index is 10.5. The zero-order valence-electron chi connectivity index (χ0n) is 6.82. The largest absolute Gasteiger partial charge is 0.476 e. The molecule has 0 radical (unpaired) electrons. The van der Waals surface area contributed by atoms with Crippen molar-refractivity contribution < 1.29 is 9.90 Å². The van der Waals surface area contributed by atoms with Gasteiger partial charge in [-0.3, -0.25) is 9.98 Å². The Hall–Kier alpha value is -1.23. The van der Waals surface area contributed by atoms with Gasteiger partial charge in [0.1, 0.15) is 6.67 Å². The van der Waals surface area contributed by atoms with Gasteiger partial charge < -0.3 is 10.8 Å². The smallest absolute Gasteiger partial charge is 0.356 e. The summed E-state index contributed by atoms with van der Waals surface area (Å²) in [5.74, 6) is -1.02. The Morgan fingerprint density at radius 1 is 1.75 bits per heavy atom. The second-order valence-electron chi connectivity index (χ2n) is 2.74. The lowest BCUT2D eigenvalue weighted by Gasteiger charge is -2.03. The molecule has 12 heavy (non-hydrogen) atoms. The fourth-order valence-electron chi connectivity index (χ4n) is 1.01. The zero-order chi connectivity index (χ0) is 9.14. The van der Waals surface area contributed by atoms with E-state index in [1.165, 1.54) is 0 Å². The molecule has 0 saturated heterocycles. The average molecular weight is 169 g/mol. The van der Waals surface area contributed by atoms with Crippen LogP contribution in [0.2, 0.25) is 0 Å². The highest BCUT2D eigenvalue weighted by Crippen LogP contribution is 2.02. The number of nitrogens with zero attached hydrogens (tertiary/aromatic N) is 2. The standard InChI is InChI=1S/C7H11N3O2/c1-4(8)2-5-6(7(11)12)10-3-9-5/h4H,2-3,8H2,1H3,(H,11,12)/t4-/m1/s1. The van der Waals surface area contributed by atoms with Gasteiger partial charge in [-0.05, 0) is 6.92 Å². The molecule has 1 heterocycles. The van der Waals surface area contributed by atoms with Crippen molar-refractivity contribution in [2.45, 2.75) is 19.4 Å². The van der Waals surface area contributed by atoms with Crippen molar-refractivity contribution in [3.63, 3.8) is 0 Å². The molecule has 0 amide bonds. The molecule has 1 aliphatic rings. The van der Waals surface area contributed by atoms with Gasteiger partial charge in [0.2, 0.25) is 0 Å². The highest BCUT2D eigenvalue weighted by Gasteiger charge is 2.20. The predicted molar refractivity (Wildman–Crippen MR) is 45.6 cm³/mol. The maximum atomic E-state index is 10.5. The highest BCUT2D eigenvalue weighted by molar-refractivity contribution is 6.66. The monoisotopic (exact) mass is 169 g/mol. The fraction of sp³-hybridized carbons (Fsp3) is 0.571. The first kappa shape index (κ1) is 8.86. The molecule has 0 aromatic carbocycles. The summed E-state index contributed by atoms with van der Waals surface area (Å²) in [4.78, 5) is 18.2. The predicted octanol–water partition coefficient (Wildman–Crippen LogP) is -0.339. The third-order valence-corrected chi connectivity index (χ3v) is 1.48. The molecule has 1 rings (SSSR count). The van der Waals surface area contributed by atoms with E-state index in [2.05, 4.69) is 9.98 Å². The van der Waals surface area contributed by atoms with Crippen molar-refractivity contribution in [1.82, 2.24) is 0 Å². The molecular formula is C7H11N3O2. The summed E-state index contributed by atoms with van der Waals surface area (Å²) in [5.41, 5.74) is 6.08. The Kier molecular flexibility index (Phi) is 2.54. The first-order chi connectivity index (χ1) is 5.61. The quantitative estimate of drug-likeness (QED) is 0.605. The molecule has 0 bridgehead atoms. The fourth-order valence-corrected chi connectivity index (χ4v) is 1.01. The van der Waals surface area contributed by atoms with Gasteiger partial charge in [0.25, 0.3) is 0 Å². The number of rotatable bonds is 3. The molecular weight excluding hydrogens is 158 g/mol. The van der Waals surface area contributed by atoms with E-state index in [1.807, 2.05) is 0 Å². The van der Waals surface area contributed by atoms with Crippen LogP contribution < -0.4 is 5.73 Å². The van der Waals surface area contributed by atoms with E-state index in [9.17, 15) is 4.79 Å². The van der Waals surface area contributed by atoms with Crippen LogP contribution in [0.4, 0.5) is 0 Å². The summed E-state index contributed by atoms with van der Waals surface area (Å²) in [5, 5.41) is 8.64. The molecule has 66 valence electrons. The molecule has 0 spiro atoms.